The van der Waals surface area contributed by atoms with Crippen LogP contribution in [0, 0.1) is 0 Å². The van der Waals surface area contributed by atoms with Crippen LogP contribution in [-0.2, 0) is 11.3 Å². The first-order chi connectivity index (χ1) is 8.60. The Balaban J connectivity index is 2.07. The number of likely N-dealkylation sites (N-methyl/N-ethyl adjacent to an activating group) is 1. The van der Waals surface area contributed by atoms with E-state index in [1.165, 1.54) is 0 Å². The molecule has 2 rings (SSSR count). The molecule has 0 atom stereocenters. The Bertz CT molecular complexity index is 452. The molecule has 0 spiro atoms. The number of hydrogen-bond donors (Lipinski definition) is 1. The first-order valence-electron chi connectivity index (χ1n) is 5.89. The normalized spacial score (nSPS) is 17.1. The average molecular weight is 269 g/mol. The molecule has 0 aliphatic carbocycles. The second kappa shape index (κ2) is 5.54. The third kappa shape index (κ3) is 2.91. The van der Waals surface area contributed by atoms with Crippen LogP contribution in [0.25, 0.3) is 0 Å². The van der Waals surface area contributed by atoms with Crippen LogP contribution in [0.3, 0.4) is 0 Å². The Hall–Kier alpha value is -1.33. The third-order valence-corrected chi connectivity index (χ3v) is 3.43. The van der Waals surface area contributed by atoms with Gasteiger partial charge in [0.25, 0.3) is 0 Å². The minimum absolute atomic E-state index is 0.141. The van der Waals surface area contributed by atoms with Gasteiger partial charge in [-0.15, -0.1) is 0 Å². The van der Waals surface area contributed by atoms with E-state index in [-0.39, 0.29) is 5.91 Å². The highest BCUT2D eigenvalue weighted by Gasteiger charge is 2.21. The van der Waals surface area contributed by atoms with Crippen LogP contribution < -0.4 is 5.32 Å². The van der Waals surface area contributed by atoms with Gasteiger partial charge < -0.3 is 10.2 Å². The second-order valence-electron chi connectivity index (χ2n) is 4.40. The molecule has 1 aromatic heterocycles. The largest absolute Gasteiger partial charge is 0.373 e. The molecule has 5 nitrogen and oxygen atoms in total. The summed E-state index contributed by atoms with van der Waals surface area (Å²) in [6, 6.07) is 3.66. The first-order valence-corrected chi connectivity index (χ1v) is 6.27. The molecule has 98 valence electrons. The molecule has 0 saturated carbocycles. The number of amides is 1. The zero-order chi connectivity index (χ0) is 13.1. The highest BCUT2D eigenvalue weighted by molar-refractivity contribution is 6.31. The molecule has 1 saturated heterocycles. The molecule has 1 aliphatic rings. The number of pyridine rings is 1. The van der Waals surface area contributed by atoms with Crippen LogP contribution in [0.2, 0.25) is 5.02 Å². The highest BCUT2D eigenvalue weighted by Crippen LogP contribution is 2.18. The number of aromatic nitrogens is 1. The monoisotopic (exact) mass is 268 g/mol. The van der Waals surface area contributed by atoms with Crippen LogP contribution in [0.15, 0.2) is 12.1 Å². The Kier molecular flexibility index (Phi) is 4.04. The van der Waals surface area contributed by atoms with Crippen LogP contribution >= 0.6 is 11.6 Å². The van der Waals surface area contributed by atoms with Crippen molar-refractivity contribution in [2.75, 3.05) is 39.0 Å². The number of anilines is 1. The molecule has 1 fully saturated rings. The molecule has 0 unspecified atom stereocenters. The van der Waals surface area contributed by atoms with Gasteiger partial charge in [0, 0.05) is 33.7 Å². The lowest BCUT2D eigenvalue weighted by atomic mass is 10.2. The molecular weight excluding hydrogens is 252 g/mol. The van der Waals surface area contributed by atoms with Crippen LogP contribution in [0.1, 0.15) is 5.69 Å². The van der Waals surface area contributed by atoms with E-state index in [2.05, 4.69) is 15.2 Å². The zero-order valence-corrected chi connectivity index (χ0v) is 11.4. The molecule has 6 heteroatoms. The van der Waals surface area contributed by atoms with Gasteiger partial charge >= 0.3 is 0 Å². The summed E-state index contributed by atoms with van der Waals surface area (Å²) < 4.78 is 0. The van der Waals surface area contributed by atoms with Crippen molar-refractivity contribution in [3.05, 3.63) is 22.8 Å². The Morgan fingerprint density at radius 1 is 1.44 bits per heavy atom. The number of rotatable bonds is 3. The summed E-state index contributed by atoms with van der Waals surface area (Å²) in [6.07, 6.45) is 0. The predicted molar refractivity (Wildman–Crippen MR) is 71.7 cm³/mol. The van der Waals surface area contributed by atoms with Crippen molar-refractivity contribution in [2.24, 2.45) is 0 Å². The lowest BCUT2D eigenvalue weighted by Crippen LogP contribution is -2.48. The van der Waals surface area contributed by atoms with Gasteiger partial charge in [-0.3, -0.25) is 9.69 Å². The topological polar surface area (TPSA) is 48.5 Å². The summed E-state index contributed by atoms with van der Waals surface area (Å²) in [7, 11) is 3.64. The van der Waals surface area contributed by atoms with Gasteiger partial charge in [0.1, 0.15) is 5.82 Å². The zero-order valence-electron chi connectivity index (χ0n) is 10.6. The minimum atomic E-state index is 0.141. The van der Waals surface area contributed by atoms with Gasteiger partial charge in [-0.05, 0) is 12.1 Å². The lowest BCUT2D eigenvalue weighted by Gasteiger charge is -2.31. The summed E-state index contributed by atoms with van der Waals surface area (Å²) in [5.41, 5.74) is 0.806. The summed E-state index contributed by atoms with van der Waals surface area (Å²) in [6.45, 7) is 2.64. The van der Waals surface area contributed by atoms with Crippen molar-refractivity contribution in [3.63, 3.8) is 0 Å². The molecule has 1 aliphatic heterocycles. The van der Waals surface area contributed by atoms with E-state index in [0.717, 1.165) is 24.6 Å². The van der Waals surface area contributed by atoms with E-state index in [1.807, 2.05) is 26.2 Å². The molecule has 2 heterocycles. The summed E-state index contributed by atoms with van der Waals surface area (Å²) >= 11 is 6.13. The van der Waals surface area contributed by atoms with E-state index in [4.69, 9.17) is 11.6 Å². The fourth-order valence-electron chi connectivity index (χ4n) is 1.89. The Morgan fingerprint density at radius 3 is 2.89 bits per heavy atom. The Labute approximate surface area is 112 Å². The van der Waals surface area contributed by atoms with Gasteiger partial charge in [-0.1, -0.05) is 11.6 Å². The van der Waals surface area contributed by atoms with E-state index in [1.54, 1.807) is 4.90 Å². The molecule has 1 N–H and O–H groups in total. The fourth-order valence-corrected chi connectivity index (χ4v) is 2.05. The number of nitrogens with one attached hydrogen (secondary N) is 1. The van der Waals surface area contributed by atoms with Gasteiger partial charge in [0.15, 0.2) is 0 Å². The number of nitrogens with zero attached hydrogens (tertiary/aromatic N) is 3. The maximum absolute atomic E-state index is 11.6. The lowest BCUT2D eigenvalue weighted by molar-refractivity contribution is -0.134. The summed E-state index contributed by atoms with van der Waals surface area (Å²) in [5, 5.41) is 3.62. The number of hydrogen-bond acceptors (Lipinski definition) is 4. The molecule has 1 aromatic rings. The van der Waals surface area contributed by atoms with Crippen LogP contribution in [0.4, 0.5) is 5.82 Å². The molecule has 1 amide bonds. The van der Waals surface area contributed by atoms with E-state index < -0.39 is 0 Å². The first kappa shape index (κ1) is 13.1. The molecule has 0 bridgehead atoms. The van der Waals surface area contributed by atoms with Gasteiger partial charge in [0.05, 0.1) is 17.3 Å². The Morgan fingerprint density at radius 2 is 2.22 bits per heavy atom. The van der Waals surface area contributed by atoms with Gasteiger partial charge in [0.2, 0.25) is 5.91 Å². The second-order valence-corrected chi connectivity index (χ2v) is 4.81. The molecule has 0 aromatic carbocycles. The van der Waals surface area contributed by atoms with Crippen LogP contribution in [0.5, 0.6) is 0 Å². The number of halogens is 1. The maximum atomic E-state index is 11.6. The van der Waals surface area contributed by atoms with Crippen molar-refractivity contribution in [1.29, 1.82) is 0 Å². The number of carbonyl (C=O) groups excluding carboxylic acids is 1. The van der Waals surface area contributed by atoms with Crippen molar-refractivity contribution >= 4 is 23.3 Å². The molecule has 18 heavy (non-hydrogen) atoms. The third-order valence-electron chi connectivity index (χ3n) is 3.08. The standard InChI is InChI=1S/C12H17ClN4O/c1-14-11-4-3-9(13)10(15-11)7-17-6-5-16(2)12(18)8-17/h3-4H,5-8H2,1-2H3,(H,14,15). The number of piperazine rings is 1. The van der Waals surface area contributed by atoms with E-state index in [9.17, 15) is 4.79 Å². The summed E-state index contributed by atoms with van der Waals surface area (Å²) in [4.78, 5) is 19.9. The van der Waals surface area contributed by atoms with Crippen molar-refractivity contribution in [2.45, 2.75) is 6.54 Å². The van der Waals surface area contributed by atoms with Crippen molar-refractivity contribution in [3.8, 4) is 0 Å². The predicted octanol–water partition coefficient (Wildman–Crippen LogP) is 1.05. The smallest absolute Gasteiger partial charge is 0.236 e. The number of carbonyl (C=O) groups is 1. The molecule has 0 radical (unpaired) electrons. The van der Waals surface area contributed by atoms with Crippen molar-refractivity contribution < 1.29 is 4.79 Å². The van der Waals surface area contributed by atoms with E-state index in [0.29, 0.717) is 18.1 Å². The SMILES string of the molecule is CNc1ccc(Cl)c(CN2CCN(C)C(=O)C2)n1. The van der Waals surface area contributed by atoms with Gasteiger partial charge in [-0.2, -0.15) is 0 Å². The quantitative estimate of drug-likeness (QED) is 0.890. The van der Waals surface area contributed by atoms with Crippen molar-refractivity contribution in [1.82, 2.24) is 14.8 Å². The van der Waals surface area contributed by atoms with E-state index >= 15 is 0 Å². The van der Waals surface area contributed by atoms with Crippen LogP contribution in [-0.4, -0.2) is 54.4 Å². The minimum Gasteiger partial charge on any atom is -0.373 e. The highest BCUT2D eigenvalue weighted by atomic mass is 35.5. The summed E-state index contributed by atoms with van der Waals surface area (Å²) in [5.74, 6) is 0.928. The maximum Gasteiger partial charge on any atom is 0.236 e. The average Bonchev–Trinajstić information content (AvgIpc) is 2.36. The fraction of sp³-hybridized carbons (Fsp3) is 0.500. The molecular formula is C12H17ClN4O. The van der Waals surface area contributed by atoms with Gasteiger partial charge in [-0.25, -0.2) is 4.98 Å².